The zero-order valence-corrected chi connectivity index (χ0v) is 11.0. The van der Waals surface area contributed by atoms with Crippen molar-refractivity contribution in [3.63, 3.8) is 0 Å². The summed E-state index contributed by atoms with van der Waals surface area (Å²) < 4.78 is 5.87. The minimum atomic E-state index is 0.308. The smallest absolute Gasteiger partial charge is 0.138 e. The average molecular weight is 258 g/mol. The molecule has 0 aliphatic carbocycles. The predicted octanol–water partition coefficient (Wildman–Crippen LogP) is 2.12. The van der Waals surface area contributed by atoms with Gasteiger partial charge in [-0.15, -0.1) is 0 Å². The van der Waals surface area contributed by atoms with Gasteiger partial charge < -0.3 is 10.1 Å². The van der Waals surface area contributed by atoms with E-state index in [9.17, 15) is 0 Å². The van der Waals surface area contributed by atoms with Crippen LogP contribution in [0.5, 0.6) is 5.75 Å². The van der Waals surface area contributed by atoms with Crippen molar-refractivity contribution in [2.45, 2.75) is 32.4 Å². The first-order chi connectivity index (χ1) is 9.34. The predicted molar refractivity (Wildman–Crippen MR) is 71.9 cm³/mol. The van der Waals surface area contributed by atoms with Crippen molar-refractivity contribution in [2.75, 3.05) is 6.61 Å². The number of ether oxygens (including phenoxy) is 1. The molecule has 1 aliphatic heterocycles. The van der Waals surface area contributed by atoms with Crippen LogP contribution >= 0.6 is 0 Å². The largest absolute Gasteiger partial charge is 0.493 e. The molecule has 0 radical (unpaired) electrons. The van der Waals surface area contributed by atoms with Gasteiger partial charge in [0.2, 0.25) is 0 Å². The van der Waals surface area contributed by atoms with Crippen molar-refractivity contribution in [1.82, 2.24) is 20.5 Å². The first kappa shape index (κ1) is 12.2. The summed E-state index contributed by atoms with van der Waals surface area (Å²) in [6.45, 7) is 3.58. The number of aromatic nitrogens is 3. The molecule has 1 aromatic heterocycles. The topological polar surface area (TPSA) is 62.8 Å². The summed E-state index contributed by atoms with van der Waals surface area (Å²) in [7, 11) is 0. The number of rotatable bonds is 3. The molecule has 5 nitrogen and oxygen atoms in total. The molecule has 1 atom stereocenters. The van der Waals surface area contributed by atoms with Crippen LogP contribution < -0.4 is 10.1 Å². The van der Waals surface area contributed by atoms with Crippen LogP contribution in [0.25, 0.3) is 0 Å². The minimum absolute atomic E-state index is 0.308. The second-order valence-electron chi connectivity index (χ2n) is 4.85. The highest BCUT2D eigenvalue weighted by atomic mass is 16.5. The lowest BCUT2D eigenvalue weighted by atomic mass is 10.00. The Labute approximate surface area is 112 Å². The van der Waals surface area contributed by atoms with Gasteiger partial charge >= 0.3 is 0 Å². The fourth-order valence-electron chi connectivity index (χ4n) is 2.51. The van der Waals surface area contributed by atoms with E-state index in [1.54, 1.807) is 0 Å². The SMILES string of the molecule is Cc1cccc2c1OCCCC2NCc1ncn[nH]1. The molecule has 0 saturated carbocycles. The first-order valence-corrected chi connectivity index (χ1v) is 6.64. The van der Waals surface area contributed by atoms with Crippen LogP contribution in [0.15, 0.2) is 24.5 Å². The molecule has 100 valence electrons. The van der Waals surface area contributed by atoms with E-state index in [1.807, 2.05) is 0 Å². The highest BCUT2D eigenvalue weighted by molar-refractivity contribution is 5.43. The molecule has 5 heteroatoms. The van der Waals surface area contributed by atoms with Gasteiger partial charge in [0.1, 0.15) is 17.9 Å². The van der Waals surface area contributed by atoms with Crippen LogP contribution in [0.1, 0.15) is 35.8 Å². The maximum Gasteiger partial charge on any atom is 0.138 e. The second kappa shape index (κ2) is 5.40. The number of nitrogens with one attached hydrogen (secondary N) is 2. The second-order valence-corrected chi connectivity index (χ2v) is 4.85. The van der Waals surface area contributed by atoms with Gasteiger partial charge in [-0.1, -0.05) is 18.2 Å². The Kier molecular flexibility index (Phi) is 3.46. The van der Waals surface area contributed by atoms with E-state index in [1.165, 1.54) is 17.5 Å². The van der Waals surface area contributed by atoms with E-state index >= 15 is 0 Å². The fraction of sp³-hybridized carbons (Fsp3) is 0.429. The van der Waals surface area contributed by atoms with E-state index in [0.29, 0.717) is 12.6 Å². The van der Waals surface area contributed by atoms with Crippen LogP contribution in [-0.4, -0.2) is 21.8 Å². The summed E-state index contributed by atoms with van der Waals surface area (Å²) in [5.74, 6) is 1.90. The van der Waals surface area contributed by atoms with Gasteiger partial charge in [0.25, 0.3) is 0 Å². The number of hydrogen-bond acceptors (Lipinski definition) is 4. The molecule has 1 aliphatic rings. The Morgan fingerprint density at radius 3 is 3.26 bits per heavy atom. The van der Waals surface area contributed by atoms with Crippen LogP contribution in [-0.2, 0) is 6.54 Å². The van der Waals surface area contributed by atoms with E-state index in [2.05, 4.69) is 45.6 Å². The molecule has 0 amide bonds. The van der Waals surface area contributed by atoms with Gasteiger partial charge in [0.15, 0.2) is 0 Å². The number of fused-ring (bicyclic) bond motifs is 1. The molecule has 0 spiro atoms. The highest BCUT2D eigenvalue weighted by Gasteiger charge is 2.20. The van der Waals surface area contributed by atoms with Crippen LogP contribution in [0.3, 0.4) is 0 Å². The number of aryl methyl sites for hydroxylation is 1. The minimum Gasteiger partial charge on any atom is -0.493 e. The van der Waals surface area contributed by atoms with Crippen molar-refractivity contribution in [1.29, 1.82) is 0 Å². The van der Waals surface area contributed by atoms with Gasteiger partial charge in [-0.25, -0.2) is 4.98 Å². The van der Waals surface area contributed by atoms with Crippen molar-refractivity contribution < 1.29 is 4.74 Å². The molecule has 0 saturated heterocycles. The lowest BCUT2D eigenvalue weighted by molar-refractivity contribution is 0.313. The third-order valence-corrected chi connectivity index (χ3v) is 3.48. The zero-order valence-electron chi connectivity index (χ0n) is 11.0. The van der Waals surface area contributed by atoms with Crippen LogP contribution in [0, 0.1) is 6.92 Å². The van der Waals surface area contributed by atoms with Crippen LogP contribution in [0.2, 0.25) is 0 Å². The molecule has 3 rings (SSSR count). The van der Waals surface area contributed by atoms with E-state index in [-0.39, 0.29) is 0 Å². The number of nitrogens with zero attached hydrogens (tertiary/aromatic N) is 2. The van der Waals surface area contributed by atoms with Crippen molar-refractivity contribution in [3.8, 4) is 5.75 Å². The highest BCUT2D eigenvalue weighted by Crippen LogP contribution is 2.33. The standard InChI is InChI=1S/C14H18N4O/c1-10-4-2-5-11-12(6-3-7-19-14(10)11)15-8-13-16-9-17-18-13/h2,4-5,9,12,15H,3,6-8H2,1H3,(H,16,17,18). The van der Waals surface area contributed by atoms with E-state index in [4.69, 9.17) is 4.74 Å². The van der Waals surface area contributed by atoms with Gasteiger partial charge in [0.05, 0.1) is 13.2 Å². The maximum absolute atomic E-state index is 5.87. The Morgan fingerprint density at radius 1 is 1.47 bits per heavy atom. The molecule has 0 fully saturated rings. The summed E-state index contributed by atoms with van der Waals surface area (Å²) in [4.78, 5) is 4.14. The third kappa shape index (κ3) is 2.61. The summed E-state index contributed by atoms with van der Waals surface area (Å²) in [6.07, 6.45) is 3.66. The summed E-state index contributed by atoms with van der Waals surface area (Å²) in [5.41, 5.74) is 2.45. The molecule has 1 aromatic carbocycles. The van der Waals surface area contributed by atoms with E-state index < -0.39 is 0 Å². The van der Waals surface area contributed by atoms with Crippen molar-refractivity contribution in [3.05, 3.63) is 41.5 Å². The fourth-order valence-corrected chi connectivity index (χ4v) is 2.51. The summed E-state index contributed by atoms with van der Waals surface area (Å²) >= 11 is 0. The number of aromatic amines is 1. The van der Waals surface area contributed by atoms with Gasteiger partial charge in [0, 0.05) is 11.6 Å². The van der Waals surface area contributed by atoms with Crippen LogP contribution in [0.4, 0.5) is 0 Å². The molecule has 2 aromatic rings. The molecular weight excluding hydrogens is 240 g/mol. The summed E-state index contributed by atoms with van der Waals surface area (Å²) in [5, 5.41) is 10.3. The van der Waals surface area contributed by atoms with Gasteiger partial charge in [-0.3, -0.25) is 5.10 Å². The Morgan fingerprint density at radius 2 is 2.42 bits per heavy atom. The number of para-hydroxylation sites is 1. The molecular formula is C14H18N4O. The van der Waals surface area contributed by atoms with Crippen molar-refractivity contribution >= 4 is 0 Å². The Balaban J connectivity index is 1.80. The Bertz CT molecular complexity index is 538. The zero-order chi connectivity index (χ0) is 13.1. The Hall–Kier alpha value is -1.88. The quantitative estimate of drug-likeness (QED) is 0.885. The maximum atomic E-state index is 5.87. The van der Waals surface area contributed by atoms with Gasteiger partial charge in [-0.2, -0.15) is 5.10 Å². The monoisotopic (exact) mass is 258 g/mol. The third-order valence-electron chi connectivity index (χ3n) is 3.48. The van der Waals surface area contributed by atoms with Gasteiger partial charge in [-0.05, 0) is 25.3 Å². The first-order valence-electron chi connectivity index (χ1n) is 6.64. The van der Waals surface area contributed by atoms with E-state index in [0.717, 1.165) is 31.0 Å². The van der Waals surface area contributed by atoms with Crippen molar-refractivity contribution in [2.24, 2.45) is 0 Å². The average Bonchev–Trinajstić information content (AvgIpc) is 2.84. The molecule has 2 heterocycles. The molecule has 1 unspecified atom stereocenters. The normalized spacial score (nSPS) is 18.5. The molecule has 19 heavy (non-hydrogen) atoms. The summed E-state index contributed by atoms with van der Waals surface area (Å²) in [6, 6.07) is 6.64. The number of H-pyrrole nitrogens is 1. The molecule has 0 bridgehead atoms. The lowest BCUT2D eigenvalue weighted by Crippen LogP contribution is -2.21. The number of benzene rings is 1. The number of hydrogen-bond donors (Lipinski definition) is 2. The molecule has 2 N–H and O–H groups in total. The lowest BCUT2D eigenvalue weighted by Gasteiger charge is -2.18.